The van der Waals surface area contributed by atoms with Gasteiger partial charge in [-0.3, -0.25) is 0 Å². The van der Waals surface area contributed by atoms with Crippen molar-refractivity contribution in [2.75, 3.05) is 18.0 Å². The van der Waals surface area contributed by atoms with Crippen molar-refractivity contribution in [1.82, 2.24) is 0 Å². The van der Waals surface area contributed by atoms with Gasteiger partial charge in [0.15, 0.2) is 0 Å². The lowest BCUT2D eigenvalue weighted by Gasteiger charge is -2.17. The smallest absolute Gasteiger partial charge is 0.0731 e. The summed E-state index contributed by atoms with van der Waals surface area (Å²) in [4.78, 5) is 2.15. The summed E-state index contributed by atoms with van der Waals surface area (Å²) in [6.45, 7) is 1.64. The number of hydrogen-bond acceptors (Lipinski definition) is 2. The predicted molar refractivity (Wildman–Crippen MR) is 54.3 cm³/mol. The van der Waals surface area contributed by atoms with Crippen LogP contribution in [0.3, 0.4) is 0 Å². The predicted octanol–water partition coefficient (Wildman–Crippen LogP) is 1.91. The van der Waals surface area contributed by atoms with Gasteiger partial charge in [0.1, 0.15) is 0 Å². The number of hydrogen-bond donors (Lipinski definition) is 1. The van der Waals surface area contributed by atoms with Gasteiger partial charge in [0.2, 0.25) is 0 Å². The van der Waals surface area contributed by atoms with Crippen molar-refractivity contribution in [3.63, 3.8) is 0 Å². The summed E-state index contributed by atoms with van der Waals surface area (Å²) >= 11 is 5.87. The average molecular weight is 198 g/mol. The SMILES string of the molecule is O[C@H]1CCN(c2cccc(Cl)c2)C1. The second-order valence-corrected chi connectivity index (χ2v) is 3.80. The number of rotatable bonds is 1. The number of aliphatic hydroxyl groups is 1. The normalized spacial score (nSPS) is 22.3. The summed E-state index contributed by atoms with van der Waals surface area (Å²) in [5.74, 6) is 0. The topological polar surface area (TPSA) is 23.5 Å². The minimum atomic E-state index is -0.181. The van der Waals surface area contributed by atoms with Crippen molar-refractivity contribution in [3.8, 4) is 0 Å². The first-order valence-corrected chi connectivity index (χ1v) is 4.82. The molecule has 0 amide bonds. The number of halogens is 1. The fourth-order valence-electron chi connectivity index (χ4n) is 1.65. The zero-order valence-corrected chi connectivity index (χ0v) is 8.04. The van der Waals surface area contributed by atoms with E-state index >= 15 is 0 Å². The third-order valence-electron chi connectivity index (χ3n) is 2.34. The molecule has 0 bridgehead atoms. The van der Waals surface area contributed by atoms with Crippen LogP contribution in [0.2, 0.25) is 5.02 Å². The third-order valence-corrected chi connectivity index (χ3v) is 2.57. The van der Waals surface area contributed by atoms with Crippen molar-refractivity contribution in [2.24, 2.45) is 0 Å². The van der Waals surface area contributed by atoms with E-state index in [1.54, 1.807) is 0 Å². The average Bonchev–Trinajstić information content (AvgIpc) is 2.52. The first kappa shape index (κ1) is 8.85. The summed E-state index contributed by atoms with van der Waals surface area (Å²) < 4.78 is 0. The first-order valence-electron chi connectivity index (χ1n) is 4.44. The van der Waals surface area contributed by atoms with Gasteiger partial charge >= 0.3 is 0 Å². The molecular weight excluding hydrogens is 186 g/mol. The summed E-state index contributed by atoms with van der Waals surface area (Å²) in [6, 6.07) is 7.74. The van der Waals surface area contributed by atoms with Crippen LogP contribution in [0.4, 0.5) is 5.69 Å². The van der Waals surface area contributed by atoms with E-state index in [2.05, 4.69) is 4.90 Å². The number of benzene rings is 1. The lowest BCUT2D eigenvalue weighted by molar-refractivity contribution is 0.198. The van der Waals surface area contributed by atoms with Crippen molar-refractivity contribution in [1.29, 1.82) is 0 Å². The van der Waals surface area contributed by atoms with Gasteiger partial charge in [-0.05, 0) is 24.6 Å². The molecule has 1 N–H and O–H groups in total. The fourth-order valence-corrected chi connectivity index (χ4v) is 1.83. The van der Waals surface area contributed by atoms with Crippen LogP contribution >= 0.6 is 11.6 Å². The van der Waals surface area contributed by atoms with E-state index in [0.717, 1.165) is 30.2 Å². The molecule has 0 unspecified atom stereocenters. The van der Waals surface area contributed by atoms with Crippen molar-refractivity contribution >= 4 is 17.3 Å². The molecule has 1 fully saturated rings. The Morgan fingerprint density at radius 1 is 1.46 bits per heavy atom. The molecule has 2 nitrogen and oxygen atoms in total. The molecule has 0 saturated carbocycles. The Labute approximate surface area is 82.7 Å². The van der Waals surface area contributed by atoms with Crippen LogP contribution in [-0.4, -0.2) is 24.3 Å². The van der Waals surface area contributed by atoms with Crippen LogP contribution in [0, 0.1) is 0 Å². The Bertz CT molecular complexity index is 303. The van der Waals surface area contributed by atoms with Gasteiger partial charge < -0.3 is 10.0 Å². The lowest BCUT2D eigenvalue weighted by atomic mass is 10.3. The van der Waals surface area contributed by atoms with Crippen LogP contribution in [0.1, 0.15) is 6.42 Å². The van der Waals surface area contributed by atoms with E-state index in [-0.39, 0.29) is 6.10 Å². The largest absolute Gasteiger partial charge is 0.391 e. The second kappa shape index (κ2) is 3.56. The van der Waals surface area contributed by atoms with E-state index in [9.17, 15) is 5.11 Å². The van der Waals surface area contributed by atoms with Gasteiger partial charge in [-0.2, -0.15) is 0 Å². The number of β-amino-alcohol motifs (C(OH)–C–C–N with tert-alkyl or cyclic N) is 1. The minimum absolute atomic E-state index is 0.181. The molecule has 70 valence electrons. The lowest BCUT2D eigenvalue weighted by Crippen LogP contribution is -2.20. The molecule has 1 saturated heterocycles. The third kappa shape index (κ3) is 1.95. The molecule has 0 aromatic heterocycles. The number of nitrogens with zero attached hydrogens (tertiary/aromatic N) is 1. The highest BCUT2D eigenvalue weighted by Gasteiger charge is 2.20. The molecular formula is C10H12ClNO. The zero-order valence-electron chi connectivity index (χ0n) is 7.28. The Morgan fingerprint density at radius 2 is 2.31 bits per heavy atom. The van der Waals surface area contributed by atoms with Crippen molar-refractivity contribution in [2.45, 2.75) is 12.5 Å². The first-order chi connectivity index (χ1) is 6.25. The Hall–Kier alpha value is -0.730. The van der Waals surface area contributed by atoms with Gasteiger partial charge in [-0.25, -0.2) is 0 Å². The molecule has 1 atom stereocenters. The van der Waals surface area contributed by atoms with Gasteiger partial charge in [-0.1, -0.05) is 17.7 Å². The standard InChI is InChI=1S/C10H12ClNO/c11-8-2-1-3-9(6-8)12-5-4-10(13)7-12/h1-3,6,10,13H,4-5,7H2/t10-/m0/s1. The molecule has 1 aliphatic heterocycles. The van der Waals surface area contributed by atoms with Crippen molar-refractivity contribution in [3.05, 3.63) is 29.3 Å². The monoisotopic (exact) mass is 197 g/mol. The maximum absolute atomic E-state index is 9.36. The molecule has 0 aliphatic carbocycles. The molecule has 0 radical (unpaired) electrons. The van der Waals surface area contributed by atoms with Gasteiger partial charge in [0.05, 0.1) is 6.10 Å². The maximum atomic E-state index is 9.36. The van der Waals surface area contributed by atoms with E-state index in [4.69, 9.17) is 11.6 Å². The number of anilines is 1. The Morgan fingerprint density at radius 3 is 2.92 bits per heavy atom. The van der Waals surface area contributed by atoms with Gasteiger partial charge in [0.25, 0.3) is 0 Å². The molecule has 1 heterocycles. The summed E-state index contributed by atoms with van der Waals surface area (Å²) in [5.41, 5.74) is 1.10. The molecule has 1 aromatic carbocycles. The highest BCUT2D eigenvalue weighted by Crippen LogP contribution is 2.23. The van der Waals surface area contributed by atoms with Crippen LogP contribution in [0.25, 0.3) is 0 Å². The summed E-state index contributed by atoms with van der Waals surface area (Å²) in [5, 5.41) is 10.1. The van der Waals surface area contributed by atoms with E-state index < -0.39 is 0 Å². The molecule has 2 rings (SSSR count). The van der Waals surface area contributed by atoms with Crippen LogP contribution in [-0.2, 0) is 0 Å². The minimum Gasteiger partial charge on any atom is -0.391 e. The van der Waals surface area contributed by atoms with E-state index in [0.29, 0.717) is 0 Å². The highest BCUT2D eigenvalue weighted by atomic mass is 35.5. The maximum Gasteiger partial charge on any atom is 0.0731 e. The van der Waals surface area contributed by atoms with E-state index in [1.165, 1.54) is 0 Å². The van der Waals surface area contributed by atoms with Crippen LogP contribution < -0.4 is 4.90 Å². The second-order valence-electron chi connectivity index (χ2n) is 3.37. The molecule has 0 spiro atoms. The van der Waals surface area contributed by atoms with Gasteiger partial charge in [0, 0.05) is 23.8 Å². The van der Waals surface area contributed by atoms with E-state index in [1.807, 2.05) is 24.3 Å². The summed E-state index contributed by atoms with van der Waals surface area (Å²) in [7, 11) is 0. The Balaban J connectivity index is 2.16. The molecule has 13 heavy (non-hydrogen) atoms. The highest BCUT2D eigenvalue weighted by molar-refractivity contribution is 6.30. The van der Waals surface area contributed by atoms with Crippen LogP contribution in [0.5, 0.6) is 0 Å². The van der Waals surface area contributed by atoms with Crippen LogP contribution in [0.15, 0.2) is 24.3 Å². The number of aliphatic hydroxyl groups excluding tert-OH is 1. The quantitative estimate of drug-likeness (QED) is 0.744. The zero-order chi connectivity index (χ0) is 9.26. The summed E-state index contributed by atoms with van der Waals surface area (Å²) in [6.07, 6.45) is 0.672. The van der Waals surface area contributed by atoms with Gasteiger partial charge in [-0.15, -0.1) is 0 Å². The molecule has 1 aliphatic rings. The Kier molecular flexibility index (Phi) is 2.42. The molecule has 3 heteroatoms. The van der Waals surface area contributed by atoms with Crippen molar-refractivity contribution < 1.29 is 5.11 Å². The molecule has 1 aromatic rings. The fraction of sp³-hybridized carbons (Fsp3) is 0.400.